The highest BCUT2D eigenvalue weighted by molar-refractivity contribution is 5.92. The molecule has 126 valence electrons. The molecule has 1 heterocycles. The van der Waals surface area contributed by atoms with Gasteiger partial charge in [0.15, 0.2) is 5.96 Å². The molecule has 0 fully saturated rings. The summed E-state index contributed by atoms with van der Waals surface area (Å²) < 4.78 is 0. The van der Waals surface area contributed by atoms with Gasteiger partial charge in [-0.25, -0.2) is 4.99 Å². The van der Waals surface area contributed by atoms with Crippen molar-refractivity contribution in [2.75, 3.05) is 5.32 Å². The van der Waals surface area contributed by atoms with Crippen LogP contribution in [0.25, 0.3) is 11.3 Å². The molecular formula is C21H22N4. The van der Waals surface area contributed by atoms with Crippen molar-refractivity contribution in [2.45, 2.75) is 20.4 Å². The highest BCUT2D eigenvalue weighted by Crippen LogP contribution is 2.18. The molecule has 0 aliphatic heterocycles. The normalized spacial score (nSPS) is 11.4. The maximum Gasteiger partial charge on any atom is 0.193 e. The van der Waals surface area contributed by atoms with Gasteiger partial charge in [-0.3, -0.25) is 4.98 Å². The molecule has 0 bridgehead atoms. The Kier molecular flexibility index (Phi) is 5.09. The molecule has 0 aliphatic carbocycles. The number of aliphatic imine (C=N–C) groups is 1. The van der Waals surface area contributed by atoms with Crippen LogP contribution in [0.2, 0.25) is 0 Å². The summed E-state index contributed by atoms with van der Waals surface area (Å²) in [6.07, 6.45) is 1.80. The predicted octanol–water partition coefficient (Wildman–Crippen LogP) is 4.29. The molecule has 2 aromatic carbocycles. The van der Waals surface area contributed by atoms with Gasteiger partial charge in [-0.2, -0.15) is 0 Å². The molecule has 0 saturated carbocycles. The van der Waals surface area contributed by atoms with Gasteiger partial charge in [-0.1, -0.05) is 30.3 Å². The maximum absolute atomic E-state index is 6.03. The molecular weight excluding hydrogens is 308 g/mol. The zero-order valence-electron chi connectivity index (χ0n) is 14.5. The molecule has 0 atom stereocenters. The minimum atomic E-state index is 0.410. The van der Waals surface area contributed by atoms with E-state index in [9.17, 15) is 0 Å². The topological polar surface area (TPSA) is 63.3 Å². The van der Waals surface area contributed by atoms with Gasteiger partial charge in [0.25, 0.3) is 0 Å². The number of anilines is 1. The first-order valence-electron chi connectivity index (χ1n) is 8.26. The Morgan fingerprint density at radius 2 is 1.80 bits per heavy atom. The van der Waals surface area contributed by atoms with Crippen molar-refractivity contribution in [1.82, 2.24) is 4.98 Å². The highest BCUT2D eigenvalue weighted by atomic mass is 15.1. The number of aromatic nitrogens is 1. The van der Waals surface area contributed by atoms with E-state index in [0.29, 0.717) is 12.5 Å². The van der Waals surface area contributed by atoms with Crippen LogP contribution in [0, 0.1) is 13.8 Å². The number of benzene rings is 2. The molecule has 0 radical (unpaired) electrons. The predicted molar refractivity (Wildman–Crippen MR) is 105 cm³/mol. The van der Waals surface area contributed by atoms with Crippen molar-refractivity contribution in [3.05, 3.63) is 83.6 Å². The van der Waals surface area contributed by atoms with Crippen LogP contribution < -0.4 is 11.1 Å². The molecule has 1 aromatic heterocycles. The van der Waals surface area contributed by atoms with Gasteiger partial charge in [0.1, 0.15) is 0 Å². The zero-order chi connectivity index (χ0) is 17.6. The van der Waals surface area contributed by atoms with E-state index in [4.69, 9.17) is 5.73 Å². The van der Waals surface area contributed by atoms with E-state index in [-0.39, 0.29) is 0 Å². The van der Waals surface area contributed by atoms with Gasteiger partial charge < -0.3 is 11.1 Å². The zero-order valence-corrected chi connectivity index (χ0v) is 14.5. The monoisotopic (exact) mass is 330 g/mol. The summed E-state index contributed by atoms with van der Waals surface area (Å²) in [5.41, 5.74) is 12.5. The molecule has 3 rings (SSSR count). The number of aryl methyl sites for hydroxylation is 2. The Balaban J connectivity index is 1.71. The summed E-state index contributed by atoms with van der Waals surface area (Å²) >= 11 is 0. The van der Waals surface area contributed by atoms with Crippen LogP contribution in [0.1, 0.15) is 16.7 Å². The fourth-order valence-corrected chi connectivity index (χ4v) is 2.77. The summed E-state index contributed by atoms with van der Waals surface area (Å²) in [6.45, 7) is 4.65. The molecule has 4 heteroatoms. The van der Waals surface area contributed by atoms with Gasteiger partial charge in [0.05, 0.1) is 12.2 Å². The van der Waals surface area contributed by atoms with Crippen LogP contribution in [-0.4, -0.2) is 10.9 Å². The van der Waals surface area contributed by atoms with Gasteiger partial charge in [-0.05, 0) is 60.9 Å². The van der Waals surface area contributed by atoms with E-state index in [1.54, 1.807) is 6.20 Å². The lowest BCUT2D eigenvalue weighted by Crippen LogP contribution is -2.22. The quantitative estimate of drug-likeness (QED) is 0.554. The third-order valence-corrected chi connectivity index (χ3v) is 3.81. The van der Waals surface area contributed by atoms with Crippen LogP contribution in [0.15, 0.2) is 71.9 Å². The Labute approximate surface area is 148 Å². The van der Waals surface area contributed by atoms with Crippen LogP contribution >= 0.6 is 0 Å². The van der Waals surface area contributed by atoms with Gasteiger partial charge in [0, 0.05) is 17.4 Å². The number of guanidine groups is 1. The Hall–Kier alpha value is -3.14. The van der Waals surface area contributed by atoms with Crippen molar-refractivity contribution in [3.8, 4) is 11.3 Å². The molecule has 3 N–H and O–H groups in total. The van der Waals surface area contributed by atoms with E-state index < -0.39 is 0 Å². The van der Waals surface area contributed by atoms with Crippen LogP contribution in [-0.2, 0) is 6.54 Å². The van der Waals surface area contributed by atoms with E-state index in [1.807, 2.05) is 36.4 Å². The first kappa shape index (κ1) is 16.7. The number of hydrogen-bond acceptors (Lipinski definition) is 2. The smallest absolute Gasteiger partial charge is 0.193 e. The fraction of sp³-hybridized carbons (Fsp3) is 0.143. The molecule has 25 heavy (non-hydrogen) atoms. The van der Waals surface area contributed by atoms with Crippen molar-refractivity contribution < 1.29 is 0 Å². The standard InChI is InChI=1S/C21H22N4/c1-15-10-16(2)12-19(11-15)25-21(22)24-14-17-6-5-7-18(13-17)20-8-3-4-9-23-20/h3-13H,14H2,1-2H3,(H3,22,24,25). The SMILES string of the molecule is Cc1cc(C)cc(NC(N)=NCc2cccc(-c3ccccn3)c2)c1. The largest absolute Gasteiger partial charge is 0.370 e. The number of hydrogen-bond donors (Lipinski definition) is 2. The lowest BCUT2D eigenvalue weighted by molar-refractivity contribution is 1.06. The number of nitrogens with zero attached hydrogens (tertiary/aromatic N) is 2. The van der Waals surface area contributed by atoms with E-state index in [1.165, 1.54) is 11.1 Å². The van der Waals surface area contributed by atoms with Crippen LogP contribution in [0.3, 0.4) is 0 Å². The number of pyridine rings is 1. The van der Waals surface area contributed by atoms with Gasteiger partial charge >= 0.3 is 0 Å². The second kappa shape index (κ2) is 7.62. The van der Waals surface area contributed by atoms with E-state index >= 15 is 0 Å². The van der Waals surface area contributed by atoms with Crippen molar-refractivity contribution in [3.63, 3.8) is 0 Å². The van der Waals surface area contributed by atoms with Gasteiger partial charge in [0.2, 0.25) is 0 Å². The lowest BCUT2D eigenvalue weighted by atomic mass is 10.1. The van der Waals surface area contributed by atoms with Crippen LogP contribution in [0.5, 0.6) is 0 Å². The molecule has 4 nitrogen and oxygen atoms in total. The first-order chi connectivity index (χ1) is 12.1. The number of rotatable bonds is 4. The maximum atomic E-state index is 6.03. The third-order valence-electron chi connectivity index (χ3n) is 3.81. The first-order valence-corrected chi connectivity index (χ1v) is 8.26. The molecule has 0 aliphatic rings. The van der Waals surface area contributed by atoms with Crippen molar-refractivity contribution >= 4 is 11.6 Å². The van der Waals surface area contributed by atoms with E-state index in [0.717, 1.165) is 22.5 Å². The molecule has 0 unspecified atom stereocenters. The number of nitrogens with two attached hydrogens (primary N) is 1. The van der Waals surface area contributed by atoms with Gasteiger partial charge in [-0.15, -0.1) is 0 Å². The summed E-state index contributed by atoms with van der Waals surface area (Å²) in [5, 5.41) is 3.16. The summed E-state index contributed by atoms with van der Waals surface area (Å²) in [6, 6.07) is 20.3. The molecule has 3 aromatic rings. The highest BCUT2D eigenvalue weighted by Gasteiger charge is 2.01. The summed E-state index contributed by atoms with van der Waals surface area (Å²) in [5.74, 6) is 0.410. The molecule has 0 saturated heterocycles. The average molecular weight is 330 g/mol. The second-order valence-corrected chi connectivity index (χ2v) is 6.12. The van der Waals surface area contributed by atoms with Crippen molar-refractivity contribution in [2.24, 2.45) is 10.7 Å². The van der Waals surface area contributed by atoms with Crippen molar-refractivity contribution in [1.29, 1.82) is 0 Å². The Bertz CT molecular complexity index is 865. The fourth-order valence-electron chi connectivity index (χ4n) is 2.77. The Morgan fingerprint density at radius 1 is 1.00 bits per heavy atom. The summed E-state index contributed by atoms with van der Waals surface area (Å²) in [4.78, 5) is 8.83. The van der Waals surface area contributed by atoms with E-state index in [2.05, 4.69) is 53.4 Å². The minimum Gasteiger partial charge on any atom is -0.370 e. The number of nitrogens with one attached hydrogen (secondary N) is 1. The molecule has 0 spiro atoms. The lowest BCUT2D eigenvalue weighted by Gasteiger charge is -2.08. The summed E-state index contributed by atoms with van der Waals surface area (Å²) in [7, 11) is 0. The Morgan fingerprint density at radius 3 is 2.52 bits per heavy atom. The molecule has 0 amide bonds. The average Bonchev–Trinajstić information content (AvgIpc) is 2.60. The minimum absolute atomic E-state index is 0.410. The second-order valence-electron chi connectivity index (χ2n) is 6.12. The third kappa shape index (κ3) is 4.67. The van der Waals surface area contributed by atoms with Crippen LogP contribution in [0.4, 0.5) is 5.69 Å².